The molecule has 0 spiro atoms. The van der Waals surface area contributed by atoms with Gasteiger partial charge in [0, 0.05) is 11.1 Å². The third-order valence-electron chi connectivity index (χ3n) is 3.61. The minimum absolute atomic E-state index is 0.0598. The molecule has 1 saturated heterocycles. The summed E-state index contributed by atoms with van der Waals surface area (Å²) in [6, 6.07) is 9.61. The van der Waals surface area contributed by atoms with E-state index >= 15 is 0 Å². The molecule has 0 aliphatic carbocycles. The quantitative estimate of drug-likeness (QED) is 0.852. The maximum Gasteiger partial charge on any atom is 0.252 e. The van der Waals surface area contributed by atoms with Crippen molar-refractivity contribution in [3.05, 3.63) is 47.5 Å². The van der Waals surface area contributed by atoms with E-state index in [4.69, 9.17) is 4.74 Å². The summed E-state index contributed by atoms with van der Waals surface area (Å²) >= 11 is 0. The minimum atomic E-state index is -0.679. The summed E-state index contributed by atoms with van der Waals surface area (Å²) in [5.74, 6) is -0.0598. The summed E-state index contributed by atoms with van der Waals surface area (Å²) in [7, 11) is 0. The molecule has 2 heterocycles. The first-order valence-corrected chi connectivity index (χ1v) is 5.98. The molecule has 1 amide bonds. The number of hydrogen-bond acceptors (Lipinski definition) is 3. The van der Waals surface area contributed by atoms with E-state index in [1.54, 1.807) is 11.8 Å². The van der Waals surface area contributed by atoms with Crippen molar-refractivity contribution in [1.29, 1.82) is 0 Å². The Morgan fingerprint density at radius 3 is 2.83 bits per heavy atom. The fourth-order valence-corrected chi connectivity index (χ4v) is 2.71. The molecular weight excluding hydrogens is 230 g/mol. The molecule has 4 heteroatoms. The standard InChI is InChI=1S/C14H15NO3/c1-10-7-14(8-16)9-18-13(15(14)12(10)17)11-5-3-2-4-6-11/h2-7,13,16H,8-9H2,1H3/t13-,14-/m0/s1. The lowest BCUT2D eigenvalue weighted by Gasteiger charge is -2.30. The Morgan fingerprint density at radius 2 is 2.17 bits per heavy atom. The van der Waals surface area contributed by atoms with Crippen LogP contribution in [0.2, 0.25) is 0 Å². The number of benzene rings is 1. The summed E-state index contributed by atoms with van der Waals surface area (Å²) in [5, 5.41) is 9.61. The molecule has 94 valence electrons. The van der Waals surface area contributed by atoms with E-state index < -0.39 is 11.8 Å². The number of aliphatic hydroxyl groups excluding tert-OH is 1. The summed E-state index contributed by atoms with van der Waals surface area (Å²) in [6.07, 6.45) is 1.41. The Balaban J connectivity index is 2.01. The second-order valence-corrected chi connectivity index (χ2v) is 4.84. The van der Waals surface area contributed by atoms with Crippen LogP contribution in [0.15, 0.2) is 42.0 Å². The lowest BCUT2D eigenvalue weighted by Crippen LogP contribution is -2.46. The average Bonchev–Trinajstić information content (AvgIpc) is 2.88. The molecule has 4 nitrogen and oxygen atoms in total. The Hall–Kier alpha value is -1.65. The fraction of sp³-hybridized carbons (Fsp3) is 0.357. The first-order valence-electron chi connectivity index (χ1n) is 5.98. The van der Waals surface area contributed by atoms with E-state index in [2.05, 4.69) is 0 Å². The Kier molecular flexibility index (Phi) is 2.50. The average molecular weight is 245 g/mol. The zero-order valence-corrected chi connectivity index (χ0v) is 10.2. The van der Waals surface area contributed by atoms with Crippen LogP contribution in [0, 0.1) is 0 Å². The highest BCUT2D eigenvalue weighted by Crippen LogP contribution is 2.42. The number of fused-ring (bicyclic) bond motifs is 1. The summed E-state index contributed by atoms with van der Waals surface area (Å²) in [4.78, 5) is 13.9. The Labute approximate surface area is 105 Å². The monoisotopic (exact) mass is 245 g/mol. The van der Waals surface area contributed by atoms with Gasteiger partial charge in [-0.1, -0.05) is 30.3 Å². The lowest BCUT2D eigenvalue weighted by atomic mass is 10.0. The molecular formula is C14H15NO3. The van der Waals surface area contributed by atoms with Gasteiger partial charge in [-0.25, -0.2) is 0 Å². The topological polar surface area (TPSA) is 49.8 Å². The van der Waals surface area contributed by atoms with Crippen molar-refractivity contribution in [1.82, 2.24) is 4.90 Å². The van der Waals surface area contributed by atoms with Crippen molar-refractivity contribution in [2.45, 2.75) is 18.7 Å². The van der Waals surface area contributed by atoms with Crippen molar-refractivity contribution in [2.75, 3.05) is 13.2 Å². The number of carbonyl (C=O) groups excluding carboxylic acids is 1. The molecule has 2 atom stereocenters. The smallest absolute Gasteiger partial charge is 0.252 e. The molecule has 1 N–H and O–H groups in total. The van der Waals surface area contributed by atoms with Gasteiger partial charge in [0.2, 0.25) is 0 Å². The largest absolute Gasteiger partial charge is 0.393 e. The second-order valence-electron chi connectivity index (χ2n) is 4.84. The van der Waals surface area contributed by atoms with Gasteiger partial charge in [0.1, 0.15) is 5.54 Å². The molecule has 18 heavy (non-hydrogen) atoms. The molecule has 2 aliphatic rings. The number of amides is 1. The Bertz CT molecular complexity index is 511. The summed E-state index contributed by atoms with van der Waals surface area (Å²) in [5.41, 5.74) is 0.930. The third kappa shape index (κ3) is 1.43. The highest BCUT2D eigenvalue weighted by molar-refractivity contribution is 5.97. The van der Waals surface area contributed by atoms with Gasteiger partial charge in [-0.2, -0.15) is 0 Å². The van der Waals surface area contributed by atoms with Crippen LogP contribution >= 0.6 is 0 Å². The van der Waals surface area contributed by atoms with Gasteiger partial charge in [-0.15, -0.1) is 0 Å². The minimum Gasteiger partial charge on any atom is -0.393 e. The number of nitrogens with zero attached hydrogens (tertiary/aromatic N) is 1. The van der Waals surface area contributed by atoms with E-state index in [0.717, 1.165) is 5.56 Å². The van der Waals surface area contributed by atoms with Crippen LogP contribution in [-0.4, -0.2) is 34.7 Å². The molecule has 3 rings (SSSR count). The van der Waals surface area contributed by atoms with E-state index in [-0.39, 0.29) is 12.5 Å². The summed E-state index contributed by atoms with van der Waals surface area (Å²) in [6.45, 7) is 2.01. The SMILES string of the molecule is CC1=C[C@]2(CO)CO[C@@H](c3ccccc3)N2C1=O. The molecule has 0 saturated carbocycles. The fourth-order valence-electron chi connectivity index (χ4n) is 2.71. The number of ether oxygens (including phenoxy) is 1. The number of aliphatic hydroxyl groups is 1. The molecule has 2 aliphatic heterocycles. The van der Waals surface area contributed by atoms with Crippen LogP contribution in [-0.2, 0) is 9.53 Å². The third-order valence-corrected chi connectivity index (χ3v) is 3.61. The van der Waals surface area contributed by atoms with Gasteiger partial charge in [-0.3, -0.25) is 9.69 Å². The molecule has 1 fully saturated rings. The van der Waals surface area contributed by atoms with Crippen LogP contribution in [0.25, 0.3) is 0 Å². The van der Waals surface area contributed by atoms with Crippen molar-refractivity contribution in [3.8, 4) is 0 Å². The maximum absolute atomic E-state index is 12.2. The van der Waals surface area contributed by atoms with Crippen LogP contribution < -0.4 is 0 Å². The van der Waals surface area contributed by atoms with Gasteiger partial charge >= 0.3 is 0 Å². The Morgan fingerprint density at radius 1 is 1.44 bits per heavy atom. The molecule has 0 radical (unpaired) electrons. The van der Waals surface area contributed by atoms with Crippen LogP contribution in [0.5, 0.6) is 0 Å². The lowest BCUT2D eigenvalue weighted by molar-refractivity contribution is -0.134. The first-order chi connectivity index (χ1) is 8.68. The van der Waals surface area contributed by atoms with Crippen molar-refractivity contribution < 1.29 is 14.6 Å². The van der Waals surface area contributed by atoms with Crippen molar-refractivity contribution in [3.63, 3.8) is 0 Å². The van der Waals surface area contributed by atoms with E-state index in [0.29, 0.717) is 12.2 Å². The van der Waals surface area contributed by atoms with E-state index in [9.17, 15) is 9.90 Å². The number of hydrogen-bond donors (Lipinski definition) is 1. The van der Waals surface area contributed by atoms with Crippen LogP contribution in [0.4, 0.5) is 0 Å². The van der Waals surface area contributed by atoms with Crippen molar-refractivity contribution >= 4 is 5.91 Å². The maximum atomic E-state index is 12.2. The zero-order valence-electron chi connectivity index (χ0n) is 10.2. The van der Waals surface area contributed by atoms with Gasteiger partial charge < -0.3 is 9.84 Å². The van der Waals surface area contributed by atoms with E-state index in [1.807, 2.05) is 36.4 Å². The normalized spacial score (nSPS) is 30.6. The van der Waals surface area contributed by atoms with Gasteiger partial charge in [0.05, 0.1) is 13.2 Å². The van der Waals surface area contributed by atoms with E-state index in [1.165, 1.54) is 0 Å². The van der Waals surface area contributed by atoms with Gasteiger partial charge in [0.25, 0.3) is 5.91 Å². The molecule has 0 bridgehead atoms. The van der Waals surface area contributed by atoms with Crippen LogP contribution in [0.1, 0.15) is 18.7 Å². The molecule has 1 aromatic carbocycles. The highest BCUT2D eigenvalue weighted by atomic mass is 16.5. The van der Waals surface area contributed by atoms with Gasteiger partial charge in [-0.05, 0) is 13.0 Å². The number of carbonyl (C=O) groups is 1. The van der Waals surface area contributed by atoms with Gasteiger partial charge in [0.15, 0.2) is 6.23 Å². The second kappa shape index (κ2) is 3.93. The summed E-state index contributed by atoms with van der Waals surface area (Å²) < 4.78 is 5.72. The highest BCUT2D eigenvalue weighted by Gasteiger charge is 2.53. The molecule has 1 aromatic rings. The predicted octanol–water partition coefficient (Wildman–Crippen LogP) is 1.23. The molecule has 0 unspecified atom stereocenters. The number of rotatable bonds is 2. The van der Waals surface area contributed by atoms with Crippen LogP contribution in [0.3, 0.4) is 0 Å². The van der Waals surface area contributed by atoms with Crippen molar-refractivity contribution in [2.24, 2.45) is 0 Å². The zero-order chi connectivity index (χ0) is 12.8. The first kappa shape index (κ1) is 11.4. The molecule has 0 aromatic heterocycles. The predicted molar refractivity (Wildman–Crippen MR) is 65.6 cm³/mol.